The van der Waals surface area contributed by atoms with Crippen molar-refractivity contribution in [2.24, 2.45) is 0 Å². The highest BCUT2D eigenvalue weighted by Gasteiger charge is 2.27. The maximum absolute atomic E-state index is 12.3. The molecule has 0 spiro atoms. The molecule has 0 unspecified atom stereocenters. The van der Waals surface area contributed by atoms with Crippen LogP contribution in [0.3, 0.4) is 0 Å². The van der Waals surface area contributed by atoms with Crippen molar-refractivity contribution in [3.63, 3.8) is 0 Å². The molecule has 0 bridgehead atoms. The van der Waals surface area contributed by atoms with E-state index in [1.54, 1.807) is 6.07 Å². The highest BCUT2D eigenvalue weighted by Crippen LogP contribution is 2.33. The van der Waals surface area contributed by atoms with Crippen molar-refractivity contribution in [2.45, 2.75) is 34.8 Å². The Hall–Kier alpha value is -1.54. The minimum atomic E-state index is -3.74. The van der Waals surface area contributed by atoms with E-state index in [0.717, 1.165) is 4.90 Å². The molecule has 114 valence electrons. The van der Waals surface area contributed by atoms with Gasteiger partial charge in [0.25, 0.3) is 0 Å². The monoisotopic (exact) mass is 329 g/mol. The lowest BCUT2D eigenvalue weighted by Gasteiger charge is -2.13. The SMILES string of the molecule is C[C@H](CC(=O)O)S(=O)(=O)c1ccc2c(c1)NC(=O)CCS2. The molecule has 1 aromatic rings. The summed E-state index contributed by atoms with van der Waals surface area (Å²) in [6.07, 6.45) is -0.0859. The molecule has 6 nitrogen and oxygen atoms in total. The fraction of sp³-hybridized carbons (Fsp3) is 0.385. The first-order valence-corrected chi connectivity index (χ1v) is 8.86. The summed E-state index contributed by atoms with van der Waals surface area (Å²) >= 11 is 1.48. The molecular formula is C13H15NO5S2. The zero-order valence-corrected chi connectivity index (χ0v) is 13.0. The molecule has 21 heavy (non-hydrogen) atoms. The maximum Gasteiger partial charge on any atom is 0.304 e. The van der Waals surface area contributed by atoms with Crippen molar-refractivity contribution in [1.29, 1.82) is 0 Å². The highest BCUT2D eigenvalue weighted by molar-refractivity contribution is 7.99. The first-order valence-electron chi connectivity index (χ1n) is 6.33. The van der Waals surface area contributed by atoms with Crippen LogP contribution in [0.1, 0.15) is 19.8 Å². The van der Waals surface area contributed by atoms with Gasteiger partial charge in [-0.15, -0.1) is 11.8 Å². The molecule has 2 N–H and O–H groups in total. The van der Waals surface area contributed by atoms with E-state index in [0.29, 0.717) is 17.9 Å². The van der Waals surface area contributed by atoms with Crippen molar-refractivity contribution >= 4 is 39.2 Å². The molecule has 1 aliphatic heterocycles. The molecule has 1 amide bonds. The van der Waals surface area contributed by atoms with Crippen LogP contribution >= 0.6 is 11.8 Å². The molecule has 0 saturated carbocycles. The van der Waals surface area contributed by atoms with Gasteiger partial charge in [-0.2, -0.15) is 0 Å². The Morgan fingerprint density at radius 1 is 1.48 bits per heavy atom. The molecule has 0 fully saturated rings. The molecule has 0 radical (unpaired) electrons. The number of rotatable bonds is 4. The summed E-state index contributed by atoms with van der Waals surface area (Å²) in [7, 11) is -3.74. The molecule has 0 aromatic heterocycles. The predicted molar refractivity (Wildman–Crippen MR) is 79.3 cm³/mol. The van der Waals surface area contributed by atoms with Crippen molar-refractivity contribution in [1.82, 2.24) is 0 Å². The number of aliphatic carboxylic acids is 1. The van der Waals surface area contributed by atoms with E-state index in [9.17, 15) is 18.0 Å². The van der Waals surface area contributed by atoms with Gasteiger partial charge in [-0.1, -0.05) is 0 Å². The zero-order chi connectivity index (χ0) is 15.6. The number of carboxylic acids is 1. The second kappa shape index (κ2) is 6.07. The average molecular weight is 329 g/mol. The van der Waals surface area contributed by atoms with Crippen molar-refractivity contribution in [2.75, 3.05) is 11.1 Å². The Morgan fingerprint density at radius 3 is 2.86 bits per heavy atom. The normalized spacial score (nSPS) is 16.5. The summed E-state index contributed by atoms with van der Waals surface area (Å²) in [5.41, 5.74) is 0.464. The molecule has 8 heteroatoms. The fourth-order valence-corrected chi connectivity index (χ4v) is 4.27. The van der Waals surface area contributed by atoms with Crippen LogP contribution in [-0.2, 0) is 19.4 Å². The van der Waals surface area contributed by atoms with E-state index < -0.39 is 27.5 Å². The van der Waals surface area contributed by atoms with E-state index in [-0.39, 0.29) is 10.8 Å². The number of anilines is 1. The quantitative estimate of drug-likeness (QED) is 0.873. The summed E-state index contributed by atoms with van der Waals surface area (Å²) in [6.45, 7) is 1.36. The molecule has 1 aliphatic rings. The second-order valence-electron chi connectivity index (χ2n) is 4.76. The number of hydrogen-bond acceptors (Lipinski definition) is 5. The number of hydrogen-bond donors (Lipinski definition) is 2. The van der Waals surface area contributed by atoms with Crippen molar-refractivity contribution in [3.05, 3.63) is 18.2 Å². The summed E-state index contributed by atoms with van der Waals surface area (Å²) < 4.78 is 24.7. The number of carboxylic acid groups (broad SMARTS) is 1. The van der Waals surface area contributed by atoms with Gasteiger partial charge in [-0.05, 0) is 25.1 Å². The number of amides is 1. The van der Waals surface area contributed by atoms with Gasteiger partial charge in [0.15, 0.2) is 9.84 Å². The van der Waals surface area contributed by atoms with Crippen LogP contribution in [0.25, 0.3) is 0 Å². The summed E-state index contributed by atoms with van der Waals surface area (Å²) in [5.74, 6) is -0.681. The third kappa shape index (κ3) is 3.56. The molecular weight excluding hydrogens is 314 g/mol. The molecule has 1 heterocycles. The van der Waals surface area contributed by atoms with Crippen LogP contribution in [0, 0.1) is 0 Å². The minimum absolute atomic E-state index is 0.0257. The fourth-order valence-electron chi connectivity index (χ4n) is 1.96. The minimum Gasteiger partial charge on any atom is -0.481 e. The number of carbonyl (C=O) groups excluding carboxylic acids is 1. The van der Waals surface area contributed by atoms with Crippen molar-refractivity contribution in [3.8, 4) is 0 Å². The van der Waals surface area contributed by atoms with Gasteiger partial charge in [0.1, 0.15) is 0 Å². The number of fused-ring (bicyclic) bond motifs is 1. The third-order valence-electron chi connectivity index (χ3n) is 3.13. The van der Waals surface area contributed by atoms with Crippen LogP contribution in [0.15, 0.2) is 28.0 Å². The van der Waals surface area contributed by atoms with Gasteiger partial charge in [0.2, 0.25) is 5.91 Å². The summed E-state index contributed by atoms with van der Waals surface area (Å²) in [5, 5.41) is 10.4. The Morgan fingerprint density at radius 2 is 2.19 bits per heavy atom. The van der Waals surface area contributed by atoms with Gasteiger partial charge in [0, 0.05) is 17.1 Å². The molecule has 1 aromatic carbocycles. The van der Waals surface area contributed by atoms with Gasteiger partial charge in [-0.3, -0.25) is 9.59 Å². The Kier molecular flexibility index (Phi) is 4.58. The maximum atomic E-state index is 12.3. The van der Waals surface area contributed by atoms with Crippen LogP contribution in [0.2, 0.25) is 0 Å². The topological polar surface area (TPSA) is 101 Å². The third-order valence-corrected chi connectivity index (χ3v) is 6.34. The van der Waals surface area contributed by atoms with Gasteiger partial charge >= 0.3 is 5.97 Å². The molecule has 1 atom stereocenters. The zero-order valence-electron chi connectivity index (χ0n) is 11.3. The van der Waals surface area contributed by atoms with Gasteiger partial charge in [-0.25, -0.2) is 8.42 Å². The summed E-state index contributed by atoms with van der Waals surface area (Å²) in [6, 6.07) is 4.50. The van der Waals surface area contributed by atoms with Crippen LogP contribution in [0.5, 0.6) is 0 Å². The second-order valence-corrected chi connectivity index (χ2v) is 8.26. The predicted octanol–water partition coefficient (Wildman–Crippen LogP) is 1.76. The number of sulfone groups is 1. The number of nitrogens with one attached hydrogen (secondary N) is 1. The highest BCUT2D eigenvalue weighted by atomic mass is 32.2. The Labute approximate surface area is 126 Å². The van der Waals surface area contributed by atoms with E-state index in [4.69, 9.17) is 5.11 Å². The standard InChI is InChI=1S/C13H15NO5S2/c1-8(6-13(16)17)21(18,19)9-2-3-11-10(7-9)14-12(15)4-5-20-11/h2-3,7-8H,4-6H2,1H3,(H,14,15)(H,16,17)/t8-/m1/s1. The first-order chi connectivity index (χ1) is 9.80. The number of carbonyl (C=O) groups is 2. The summed E-state index contributed by atoms with van der Waals surface area (Å²) in [4.78, 5) is 23.1. The van der Waals surface area contributed by atoms with Gasteiger partial charge in [0.05, 0.1) is 22.3 Å². The number of benzene rings is 1. The number of thioether (sulfide) groups is 1. The molecule has 0 aliphatic carbocycles. The lowest BCUT2D eigenvalue weighted by Crippen LogP contribution is -2.21. The average Bonchev–Trinajstić information content (AvgIpc) is 2.57. The smallest absolute Gasteiger partial charge is 0.304 e. The Balaban J connectivity index is 2.37. The van der Waals surface area contributed by atoms with Crippen molar-refractivity contribution < 1.29 is 23.1 Å². The van der Waals surface area contributed by atoms with Crippen LogP contribution in [-0.4, -0.2) is 36.4 Å². The Bertz CT molecular complexity index is 684. The largest absolute Gasteiger partial charge is 0.481 e. The molecule has 0 saturated heterocycles. The van der Waals surface area contributed by atoms with Gasteiger partial charge < -0.3 is 10.4 Å². The van der Waals surface area contributed by atoms with E-state index in [1.165, 1.54) is 30.8 Å². The first kappa shape index (κ1) is 15.8. The van der Waals surface area contributed by atoms with E-state index >= 15 is 0 Å². The molecule has 2 rings (SSSR count). The van der Waals surface area contributed by atoms with Crippen LogP contribution in [0.4, 0.5) is 5.69 Å². The lowest BCUT2D eigenvalue weighted by atomic mass is 10.3. The van der Waals surface area contributed by atoms with E-state index in [1.807, 2.05) is 0 Å². The lowest BCUT2D eigenvalue weighted by molar-refractivity contribution is -0.137. The van der Waals surface area contributed by atoms with E-state index in [2.05, 4.69) is 5.32 Å². The van der Waals surface area contributed by atoms with Crippen LogP contribution < -0.4 is 5.32 Å².